The number of rotatable bonds is 1. The van der Waals surface area contributed by atoms with E-state index >= 15 is 0 Å². The van der Waals surface area contributed by atoms with Crippen molar-refractivity contribution in [3.63, 3.8) is 0 Å². The van der Waals surface area contributed by atoms with Gasteiger partial charge >= 0.3 is 5.97 Å². The van der Waals surface area contributed by atoms with Crippen molar-refractivity contribution in [3.8, 4) is 0 Å². The van der Waals surface area contributed by atoms with Crippen LogP contribution in [0.2, 0.25) is 0 Å². The van der Waals surface area contributed by atoms with Gasteiger partial charge in [-0.1, -0.05) is 0 Å². The molecule has 0 amide bonds. The first kappa shape index (κ1) is 8.25. The predicted molar refractivity (Wildman–Crippen MR) is 50.8 cm³/mol. The Morgan fingerprint density at radius 1 is 1.54 bits per heavy atom. The molecule has 2 rings (SSSR count). The van der Waals surface area contributed by atoms with Gasteiger partial charge in [0.15, 0.2) is 0 Å². The van der Waals surface area contributed by atoms with Crippen molar-refractivity contribution < 1.29 is 9.90 Å². The van der Waals surface area contributed by atoms with Gasteiger partial charge in [0.25, 0.3) is 0 Å². The lowest BCUT2D eigenvalue weighted by Crippen LogP contribution is -1.96. The predicted octanol–water partition coefficient (Wildman–Crippen LogP) is 2.02. The number of carboxylic acid groups (broad SMARTS) is 1. The molecule has 0 spiro atoms. The zero-order chi connectivity index (χ0) is 9.42. The smallest absolute Gasteiger partial charge is 0.337 e. The summed E-state index contributed by atoms with van der Waals surface area (Å²) in [5.41, 5.74) is 0.871. The average Bonchev–Trinajstić information content (AvgIpc) is 2.42. The monoisotopic (exact) mass is 240 g/mol. The van der Waals surface area contributed by atoms with Crippen molar-refractivity contribution in [2.75, 3.05) is 0 Å². The number of hydrogen-bond acceptors (Lipinski definition) is 2. The molecular formula is C8H5BrN2O2. The highest BCUT2D eigenvalue weighted by Gasteiger charge is 2.05. The maximum Gasteiger partial charge on any atom is 0.337 e. The summed E-state index contributed by atoms with van der Waals surface area (Å²) in [4.78, 5) is 17.5. The second kappa shape index (κ2) is 2.85. The minimum Gasteiger partial charge on any atom is -0.478 e. The standard InChI is InChI=1S/C8H5BrN2O2/c9-6-2-4-1-5(8(12)13)3-10-7(4)11-6/h1-3H,(H,10,11)(H,12,13). The normalized spacial score (nSPS) is 10.5. The minimum atomic E-state index is -0.966. The minimum absolute atomic E-state index is 0.194. The Balaban J connectivity index is 2.67. The first-order chi connectivity index (χ1) is 6.16. The molecule has 66 valence electrons. The molecule has 2 aromatic heterocycles. The van der Waals surface area contributed by atoms with Gasteiger partial charge in [0, 0.05) is 11.6 Å². The Labute approximate surface area is 81.7 Å². The maximum atomic E-state index is 10.6. The van der Waals surface area contributed by atoms with Gasteiger partial charge in [-0.25, -0.2) is 9.78 Å². The molecule has 0 saturated heterocycles. The van der Waals surface area contributed by atoms with Gasteiger partial charge in [0.1, 0.15) is 5.65 Å². The molecule has 4 nitrogen and oxygen atoms in total. The van der Waals surface area contributed by atoms with Crippen LogP contribution in [0.25, 0.3) is 11.0 Å². The summed E-state index contributed by atoms with van der Waals surface area (Å²) in [7, 11) is 0. The SMILES string of the molecule is O=C(O)c1cnc2[nH]c(Br)cc2c1. The lowest BCUT2D eigenvalue weighted by atomic mass is 10.2. The van der Waals surface area contributed by atoms with Crippen LogP contribution in [0, 0.1) is 0 Å². The van der Waals surface area contributed by atoms with Crippen molar-refractivity contribution >= 4 is 32.9 Å². The summed E-state index contributed by atoms with van der Waals surface area (Å²) < 4.78 is 0.789. The molecule has 0 aliphatic heterocycles. The third kappa shape index (κ3) is 1.42. The molecule has 0 unspecified atom stereocenters. The Bertz CT molecular complexity index is 478. The van der Waals surface area contributed by atoms with Crippen LogP contribution in [-0.4, -0.2) is 21.0 Å². The fourth-order valence-corrected chi connectivity index (χ4v) is 1.53. The molecule has 2 heterocycles. The molecule has 0 aliphatic rings. The van der Waals surface area contributed by atoms with Crippen LogP contribution in [0.5, 0.6) is 0 Å². The van der Waals surface area contributed by atoms with E-state index in [-0.39, 0.29) is 5.56 Å². The zero-order valence-corrected chi connectivity index (χ0v) is 8.00. The Kier molecular flexibility index (Phi) is 1.81. The number of pyridine rings is 1. The van der Waals surface area contributed by atoms with Gasteiger partial charge in [-0.05, 0) is 28.1 Å². The number of nitrogens with one attached hydrogen (secondary N) is 1. The lowest BCUT2D eigenvalue weighted by Gasteiger charge is -1.92. The summed E-state index contributed by atoms with van der Waals surface area (Å²) in [6.45, 7) is 0. The zero-order valence-electron chi connectivity index (χ0n) is 6.41. The molecule has 0 saturated carbocycles. The number of aromatic amines is 1. The van der Waals surface area contributed by atoms with Crippen LogP contribution >= 0.6 is 15.9 Å². The van der Waals surface area contributed by atoms with E-state index in [2.05, 4.69) is 25.9 Å². The molecule has 2 aromatic rings. The van der Waals surface area contributed by atoms with Crippen molar-refractivity contribution in [2.24, 2.45) is 0 Å². The van der Waals surface area contributed by atoms with E-state index in [4.69, 9.17) is 5.11 Å². The topological polar surface area (TPSA) is 66.0 Å². The Morgan fingerprint density at radius 3 is 3.00 bits per heavy atom. The van der Waals surface area contributed by atoms with Crippen molar-refractivity contribution in [2.45, 2.75) is 0 Å². The first-order valence-electron chi connectivity index (χ1n) is 3.54. The van der Waals surface area contributed by atoms with Crippen molar-refractivity contribution in [3.05, 3.63) is 28.5 Å². The highest BCUT2D eigenvalue weighted by Crippen LogP contribution is 2.18. The number of aromatic nitrogens is 2. The van der Waals surface area contributed by atoms with E-state index in [1.165, 1.54) is 6.20 Å². The number of carboxylic acids is 1. The van der Waals surface area contributed by atoms with Crippen molar-refractivity contribution in [1.29, 1.82) is 0 Å². The summed E-state index contributed by atoms with van der Waals surface area (Å²) in [6.07, 6.45) is 1.33. The van der Waals surface area contributed by atoms with Gasteiger partial charge in [0.2, 0.25) is 0 Å². The van der Waals surface area contributed by atoms with Gasteiger partial charge in [-0.15, -0.1) is 0 Å². The first-order valence-corrected chi connectivity index (χ1v) is 4.33. The van der Waals surface area contributed by atoms with Crippen LogP contribution in [0.1, 0.15) is 10.4 Å². The van der Waals surface area contributed by atoms with E-state index in [0.717, 1.165) is 9.99 Å². The summed E-state index contributed by atoms with van der Waals surface area (Å²) in [5, 5.41) is 9.47. The molecule has 2 N–H and O–H groups in total. The molecule has 0 bridgehead atoms. The maximum absolute atomic E-state index is 10.6. The highest BCUT2D eigenvalue weighted by molar-refractivity contribution is 9.10. The number of aromatic carboxylic acids is 1. The van der Waals surface area contributed by atoms with E-state index in [1.54, 1.807) is 12.1 Å². The van der Waals surface area contributed by atoms with Gasteiger partial charge in [-0.2, -0.15) is 0 Å². The van der Waals surface area contributed by atoms with Crippen LogP contribution in [-0.2, 0) is 0 Å². The van der Waals surface area contributed by atoms with E-state index in [9.17, 15) is 4.79 Å². The second-order valence-electron chi connectivity index (χ2n) is 2.58. The van der Waals surface area contributed by atoms with Gasteiger partial charge in [-0.3, -0.25) is 0 Å². The van der Waals surface area contributed by atoms with E-state index in [0.29, 0.717) is 5.65 Å². The Hall–Kier alpha value is -1.36. The summed E-state index contributed by atoms with van der Waals surface area (Å²) in [6, 6.07) is 3.36. The molecule has 0 aliphatic carbocycles. The van der Waals surface area contributed by atoms with E-state index < -0.39 is 5.97 Å². The third-order valence-corrected chi connectivity index (χ3v) is 2.11. The molecule has 0 fully saturated rings. The largest absolute Gasteiger partial charge is 0.478 e. The second-order valence-corrected chi connectivity index (χ2v) is 3.44. The van der Waals surface area contributed by atoms with Crippen molar-refractivity contribution in [1.82, 2.24) is 9.97 Å². The number of hydrogen-bond donors (Lipinski definition) is 2. The number of nitrogens with zero attached hydrogens (tertiary/aromatic N) is 1. The summed E-state index contributed by atoms with van der Waals surface area (Å²) >= 11 is 3.24. The molecule has 0 aromatic carbocycles. The van der Waals surface area contributed by atoms with Crippen LogP contribution in [0.15, 0.2) is 22.9 Å². The van der Waals surface area contributed by atoms with Crippen LogP contribution in [0.3, 0.4) is 0 Å². The number of H-pyrrole nitrogens is 1. The fraction of sp³-hybridized carbons (Fsp3) is 0. The molecular weight excluding hydrogens is 236 g/mol. The number of halogens is 1. The number of fused-ring (bicyclic) bond motifs is 1. The van der Waals surface area contributed by atoms with Gasteiger partial charge in [0.05, 0.1) is 10.2 Å². The molecule has 13 heavy (non-hydrogen) atoms. The fourth-order valence-electron chi connectivity index (χ4n) is 1.10. The highest BCUT2D eigenvalue weighted by atomic mass is 79.9. The molecule has 0 radical (unpaired) electrons. The third-order valence-electron chi connectivity index (χ3n) is 1.68. The molecule has 5 heteroatoms. The molecule has 0 atom stereocenters. The lowest BCUT2D eigenvalue weighted by molar-refractivity contribution is 0.0696. The Morgan fingerprint density at radius 2 is 2.31 bits per heavy atom. The van der Waals surface area contributed by atoms with Crippen LogP contribution < -0.4 is 0 Å². The van der Waals surface area contributed by atoms with E-state index in [1.807, 2.05) is 0 Å². The van der Waals surface area contributed by atoms with Crippen LogP contribution in [0.4, 0.5) is 0 Å². The number of carbonyl (C=O) groups is 1. The quantitative estimate of drug-likeness (QED) is 0.802. The summed E-state index contributed by atoms with van der Waals surface area (Å²) in [5.74, 6) is -0.966. The van der Waals surface area contributed by atoms with Gasteiger partial charge < -0.3 is 10.1 Å². The average molecular weight is 241 g/mol.